The maximum Gasteiger partial charge on any atom is 0.0635 e. The van der Waals surface area contributed by atoms with Crippen LogP contribution in [0.3, 0.4) is 0 Å². The maximum absolute atomic E-state index is 10.1. The highest BCUT2D eigenvalue weighted by atomic mass is 16.5. The molecule has 0 bridgehead atoms. The molecule has 5 aliphatic carbocycles. The number of aliphatic hydroxyl groups is 1. The number of rotatable bonds is 2. The molecule has 2 heteroatoms. The van der Waals surface area contributed by atoms with Crippen LogP contribution < -0.4 is 0 Å². The molecule has 0 aromatic carbocycles. The van der Waals surface area contributed by atoms with Gasteiger partial charge < -0.3 is 9.84 Å². The van der Waals surface area contributed by atoms with Gasteiger partial charge in [0.1, 0.15) is 0 Å². The molecule has 0 spiro atoms. The van der Waals surface area contributed by atoms with Crippen LogP contribution in [-0.2, 0) is 4.74 Å². The first-order chi connectivity index (χ1) is 11.5. The second kappa shape index (κ2) is 5.33. The van der Waals surface area contributed by atoms with E-state index < -0.39 is 0 Å². The lowest BCUT2D eigenvalue weighted by Gasteiger charge is -2.57. The Labute approximate surface area is 147 Å². The fraction of sp³-hybridized carbons (Fsp3) is 0.909. The Morgan fingerprint density at radius 2 is 1.83 bits per heavy atom. The summed E-state index contributed by atoms with van der Waals surface area (Å²) in [7, 11) is 0. The van der Waals surface area contributed by atoms with Crippen LogP contribution in [0, 0.1) is 28.6 Å². The van der Waals surface area contributed by atoms with E-state index in [2.05, 4.69) is 19.9 Å². The Balaban J connectivity index is 1.42. The number of fused-ring (bicyclic) bond motifs is 5. The fourth-order valence-corrected chi connectivity index (χ4v) is 7.25. The van der Waals surface area contributed by atoms with Crippen molar-refractivity contribution in [3.05, 3.63) is 11.6 Å². The Hall–Kier alpha value is -0.340. The summed E-state index contributed by atoms with van der Waals surface area (Å²) < 4.78 is 6.47. The molecule has 4 saturated carbocycles. The summed E-state index contributed by atoms with van der Waals surface area (Å²) in [6, 6.07) is 0. The van der Waals surface area contributed by atoms with Crippen molar-refractivity contribution in [2.75, 3.05) is 0 Å². The van der Waals surface area contributed by atoms with Gasteiger partial charge in [-0.15, -0.1) is 0 Å². The molecule has 1 N–H and O–H groups in total. The minimum atomic E-state index is -0.0856. The van der Waals surface area contributed by atoms with Crippen molar-refractivity contribution in [1.29, 1.82) is 0 Å². The van der Waals surface area contributed by atoms with E-state index in [0.717, 1.165) is 30.6 Å². The Morgan fingerprint density at radius 3 is 2.62 bits per heavy atom. The lowest BCUT2D eigenvalue weighted by atomic mass is 9.48. The molecule has 7 atom stereocenters. The molecular weight excluding hydrogens is 296 g/mol. The summed E-state index contributed by atoms with van der Waals surface area (Å²) >= 11 is 0. The van der Waals surface area contributed by atoms with E-state index in [1.807, 2.05) is 0 Å². The van der Waals surface area contributed by atoms with Gasteiger partial charge in [0.15, 0.2) is 0 Å². The summed E-state index contributed by atoms with van der Waals surface area (Å²) in [6.07, 6.45) is 16.0. The van der Waals surface area contributed by atoms with Crippen molar-refractivity contribution in [3.8, 4) is 0 Å². The van der Waals surface area contributed by atoms with Gasteiger partial charge in [-0.25, -0.2) is 0 Å². The largest absolute Gasteiger partial charge is 0.393 e. The fourth-order valence-electron chi connectivity index (χ4n) is 7.25. The first-order valence-corrected chi connectivity index (χ1v) is 10.5. The number of hydrogen-bond acceptors (Lipinski definition) is 2. The normalized spacial score (nSPS) is 53.8. The van der Waals surface area contributed by atoms with Crippen molar-refractivity contribution < 1.29 is 9.84 Å². The molecule has 134 valence electrons. The minimum absolute atomic E-state index is 0.0856. The molecule has 24 heavy (non-hydrogen) atoms. The highest BCUT2D eigenvalue weighted by Gasteiger charge is 2.59. The van der Waals surface area contributed by atoms with Crippen LogP contribution >= 0.6 is 0 Å². The predicted molar refractivity (Wildman–Crippen MR) is 95.6 cm³/mol. The lowest BCUT2D eigenvalue weighted by Crippen LogP contribution is -2.51. The first kappa shape index (κ1) is 15.9. The predicted octanol–water partition coefficient (Wildman–Crippen LogP) is 4.86. The molecule has 0 heterocycles. The quantitative estimate of drug-likeness (QED) is 0.733. The lowest BCUT2D eigenvalue weighted by molar-refractivity contribution is -0.0975. The summed E-state index contributed by atoms with van der Waals surface area (Å²) in [5.74, 6) is 2.57. The highest BCUT2D eigenvalue weighted by Crippen LogP contribution is 2.65. The zero-order chi connectivity index (χ0) is 16.5. The number of allylic oxidation sites excluding steroid dienone is 1. The average Bonchev–Trinajstić information content (AvgIpc) is 3.31. The van der Waals surface area contributed by atoms with Gasteiger partial charge in [0, 0.05) is 0 Å². The van der Waals surface area contributed by atoms with Crippen molar-refractivity contribution >= 4 is 0 Å². The monoisotopic (exact) mass is 330 g/mol. The van der Waals surface area contributed by atoms with Crippen molar-refractivity contribution in [1.82, 2.24) is 0 Å². The molecule has 0 saturated heterocycles. The van der Waals surface area contributed by atoms with Crippen LogP contribution in [0.25, 0.3) is 0 Å². The Morgan fingerprint density at radius 1 is 1.00 bits per heavy atom. The minimum Gasteiger partial charge on any atom is -0.393 e. The molecule has 0 amide bonds. The van der Waals surface area contributed by atoms with Gasteiger partial charge in [-0.3, -0.25) is 0 Å². The van der Waals surface area contributed by atoms with E-state index >= 15 is 0 Å². The number of hydrogen-bond donors (Lipinski definition) is 1. The van der Waals surface area contributed by atoms with Gasteiger partial charge in [-0.05, 0) is 92.8 Å². The highest BCUT2D eigenvalue weighted by molar-refractivity contribution is 5.25. The summed E-state index contributed by atoms with van der Waals surface area (Å²) in [6.45, 7) is 5.08. The van der Waals surface area contributed by atoms with E-state index in [0.29, 0.717) is 23.0 Å². The van der Waals surface area contributed by atoms with Crippen LogP contribution in [0.1, 0.15) is 78.1 Å². The van der Waals surface area contributed by atoms with Crippen LogP contribution in [0.2, 0.25) is 0 Å². The zero-order valence-corrected chi connectivity index (χ0v) is 15.5. The standard InChI is InChI=1S/C22H34O2/c1-21-11-9-15(23)13-14(21)3-6-17-18-7-8-20(24-16-4-5-16)22(18,2)12-10-19(17)21/h3,15-20,23H,4-13H2,1-2H3/t15-,17?,18?,19?,20-,21-,22-/m0/s1. The maximum atomic E-state index is 10.1. The molecule has 2 nitrogen and oxygen atoms in total. The van der Waals surface area contributed by atoms with Crippen molar-refractivity contribution in [3.63, 3.8) is 0 Å². The van der Waals surface area contributed by atoms with E-state index in [1.165, 1.54) is 51.4 Å². The van der Waals surface area contributed by atoms with Gasteiger partial charge in [0.05, 0.1) is 18.3 Å². The third-order valence-corrected chi connectivity index (χ3v) is 8.87. The summed E-state index contributed by atoms with van der Waals surface area (Å²) in [4.78, 5) is 0. The second-order valence-corrected chi connectivity index (χ2v) is 10.1. The van der Waals surface area contributed by atoms with Gasteiger partial charge in [0.25, 0.3) is 0 Å². The average molecular weight is 331 g/mol. The van der Waals surface area contributed by atoms with Gasteiger partial charge in [0.2, 0.25) is 0 Å². The molecule has 0 aromatic heterocycles. The third kappa shape index (κ3) is 2.21. The molecule has 0 radical (unpaired) electrons. The molecule has 3 unspecified atom stereocenters. The van der Waals surface area contributed by atoms with E-state index in [-0.39, 0.29) is 6.10 Å². The van der Waals surface area contributed by atoms with Crippen molar-refractivity contribution in [2.24, 2.45) is 28.6 Å². The molecule has 4 fully saturated rings. The van der Waals surface area contributed by atoms with E-state index in [1.54, 1.807) is 5.57 Å². The Bertz CT molecular complexity index is 550. The number of aliphatic hydroxyl groups excluding tert-OH is 1. The second-order valence-electron chi connectivity index (χ2n) is 10.1. The van der Waals surface area contributed by atoms with Crippen molar-refractivity contribution in [2.45, 2.75) is 96.4 Å². The zero-order valence-electron chi connectivity index (χ0n) is 15.5. The van der Waals surface area contributed by atoms with Gasteiger partial charge in [-0.2, -0.15) is 0 Å². The summed E-state index contributed by atoms with van der Waals surface area (Å²) in [5.41, 5.74) is 2.40. The van der Waals surface area contributed by atoms with E-state index in [4.69, 9.17) is 4.74 Å². The molecule has 5 rings (SSSR count). The SMILES string of the molecule is C[C@]12CC[C@H](O)CC1=CCC1C2CC[C@@]2(C)C1CC[C@@H]2OC1CC1. The topological polar surface area (TPSA) is 29.5 Å². The van der Waals surface area contributed by atoms with Gasteiger partial charge >= 0.3 is 0 Å². The molecule has 5 aliphatic rings. The molecule has 0 aliphatic heterocycles. The summed E-state index contributed by atoms with van der Waals surface area (Å²) in [5, 5.41) is 10.1. The molecular formula is C22H34O2. The third-order valence-electron chi connectivity index (χ3n) is 8.87. The smallest absolute Gasteiger partial charge is 0.0635 e. The Kier molecular flexibility index (Phi) is 3.53. The van der Waals surface area contributed by atoms with Crippen LogP contribution in [0.15, 0.2) is 11.6 Å². The van der Waals surface area contributed by atoms with Crippen LogP contribution in [0.4, 0.5) is 0 Å². The van der Waals surface area contributed by atoms with Crippen LogP contribution in [-0.4, -0.2) is 23.4 Å². The van der Waals surface area contributed by atoms with E-state index in [9.17, 15) is 5.11 Å². The number of ether oxygens (including phenoxy) is 1. The van der Waals surface area contributed by atoms with Gasteiger partial charge in [-0.1, -0.05) is 25.5 Å². The molecule has 0 aromatic rings. The first-order valence-electron chi connectivity index (χ1n) is 10.5. The van der Waals surface area contributed by atoms with Crippen LogP contribution in [0.5, 0.6) is 0 Å².